The van der Waals surface area contributed by atoms with Crippen LogP contribution in [0, 0.1) is 0 Å². The standard InChI is InChI=1S/C14H19N3O4/c1-14(2,15)13-16-12(21-17-13)8-20-11-6-9(18-3)5-10(7-11)19-4/h5-7H,8,15H2,1-4H3. The van der Waals surface area contributed by atoms with Gasteiger partial charge in [-0.15, -0.1) is 0 Å². The summed E-state index contributed by atoms with van der Waals surface area (Å²) < 4.78 is 21.0. The van der Waals surface area contributed by atoms with E-state index in [1.165, 1.54) is 0 Å². The molecule has 2 N–H and O–H groups in total. The van der Waals surface area contributed by atoms with E-state index in [2.05, 4.69) is 10.1 Å². The van der Waals surface area contributed by atoms with Gasteiger partial charge in [-0.1, -0.05) is 5.16 Å². The van der Waals surface area contributed by atoms with Gasteiger partial charge < -0.3 is 24.5 Å². The average Bonchev–Trinajstić information content (AvgIpc) is 2.93. The molecule has 0 radical (unpaired) electrons. The summed E-state index contributed by atoms with van der Waals surface area (Å²) in [6, 6.07) is 5.24. The van der Waals surface area contributed by atoms with Gasteiger partial charge in [0.2, 0.25) is 0 Å². The highest BCUT2D eigenvalue weighted by atomic mass is 16.5. The second-order valence-electron chi connectivity index (χ2n) is 5.07. The van der Waals surface area contributed by atoms with Gasteiger partial charge in [0.1, 0.15) is 17.2 Å². The number of methoxy groups -OCH3 is 2. The molecule has 1 heterocycles. The molecule has 0 unspecified atom stereocenters. The molecule has 0 spiro atoms. The zero-order chi connectivity index (χ0) is 15.5. The van der Waals surface area contributed by atoms with Gasteiger partial charge in [-0.25, -0.2) is 0 Å². The highest BCUT2D eigenvalue weighted by molar-refractivity contribution is 5.41. The molecule has 0 aliphatic rings. The third-order valence-electron chi connectivity index (χ3n) is 2.73. The van der Waals surface area contributed by atoms with Crippen LogP contribution in [0.15, 0.2) is 22.7 Å². The molecule has 114 valence electrons. The van der Waals surface area contributed by atoms with Crippen LogP contribution in [0.25, 0.3) is 0 Å². The minimum atomic E-state index is -0.652. The number of aromatic nitrogens is 2. The fourth-order valence-electron chi connectivity index (χ4n) is 1.58. The van der Waals surface area contributed by atoms with Gasteiger partial charge in [0, 0.05) is 18.2 Å². The van der Waals surface area contributed by atoms with Gasteiger partial charge in [-0.2, -0.15) is 4.98 Å². The molecule has 0 aliphatic heterocycles. The van der Waals surface area contributed by atoms with Crippen molar-refractivity contribution in [1.82, 2.24) is 10.1 Å². The molecule has 0 saturated carbocycles. The largest absolute Gasteiger partial charge is 0.496 e. The summed E-state index contributed by atoms with van der Waals surface area (Å²) in [6.45, 7) is 3.74. The van der Waals surface area contributed by atoms with Crippen LogP contribution in [0.1, 0.15) is 25.6 Å². The fourth-order valence-corrected chi connectivity index (χ4v) is 1.58. The summed E-state index contributed by atoms with van der Waals surface area (Å²) in [5, 5.41) is 3.83. The van der Waals surface area contributed by atoms with Gasteiger partial charge in [0.05, 0.1) is 19.8 Å². The summed E-state index contributed by atoms with van der Waals surface area (Å²) in [4.78, 5) is 4.19. The summed E-state index contributed by atoms with van der Waals surface area (Å²) >= 11 is 0. The summed E-state index contributed by atoms with van der Waals surface area (Å²) in [5.74, 6) is 2.64. The van der Waals surface area contributed by atoms with Gasteiger partial charge in [0.15, 0.2) is 12.4 Å². The van der Waals surface area contributed by atoms with Crippen molar-refractivity contribution in [3.63, 3.8) is 0 Å². The predicted octanol–water partition coefficient (Wildman–Crippen LogP) is 1.86. The molecule has 2 aromatic rings. The van der Waals surface area contributed by atoms with Crippen molar-refractivity contribution in [1.29, 1.82) is 0 Å². The molecule has 0 saturated heterocycles. The normalized spacial score (nSPS) is 11.3. The second-order valence-corrected chi connectivity index (χ2v) is 5.07. The zero-order valence-electron chi connectivity index (χ0n) is 12.5. The Bertz CT molecular complexity index is 582. The molecule has 0 aliphatic carbocycles. The Morgan fingerprint density at radius 2 is 1.67 bits per heavy atom. The number of hydrogen-bond acceptors (Lipinski definition) is 7. The molecule has 0 amide bonds. The lowest BCUT2D eigenvalue weighted by molar-refractivity contribution is 0.240. The smallest absolute Gasteiger partial charge is 0.264 e. The Kier molecular flexibility index (Phi) is 4.32. The number of benzene rings is 1. The van der Waals surface area contributed by atoms with Crippen molar-refractivity contribution in [2.45, 2.75) is 26.0 Å². The second kappa shape index (κ2) is 6.01. The summed E-state index contributed by atoms with van der Waals surface area (Å²) in [6.07, 6.45) is 0. The van der Waals surface area contributed by atoms with Crippen molar-refractivity contribution in [2.24, 2.45) is 5.73 Å². The Labute approximate surface area is 123 Å². The molecule has 0 atom stereocenters. The van der Waals surface area contributed by atoms with Crippen LogP contribution in [0.5, 0.6) is 17.2 Å². The molecular weight excluding hydrogens is 274 g/mol. The van der Waals surface area contributed by atoms with E-state index in [1.54, 1.807) is 46.3 Å². The lowest BCUT2D eigenvalue weighted by Gasteiger charge is -2.11. The van der Waals surface area contributed by atoms with E-state index >= 15 is 0 Å². The average molecular weight is 293 g/mol. The number of nitrogens with two attached hydrogens (primary N) is 1. The van der Waals surface area contributed by atoms with Gasteiger partial charge >= 0.3 is 0 Å². The first-order valence-corrected chi connectivity index (χ1v) is 6.40. The maximum Gasteiger partial charge on any atom is 0.264 e. The van der Waals surface area contributed by atoms with Crippen LogP contribution in [0.3, 0.4) is 0 Å². The lowest BCUT2D eigenvalue weighted by Crippen LogP contribution is -2.30. The highest BCUT2D eigenvalue weighted by Crippen LogP contribution is 2.27. The van der Waals surface area contributed by atoms with Crippen molar-refractivity contribution in [2.75, 3.05) is 14.2 Å². The molecule has 0 fully saturated rings. The number of rotatable bonds is 6. The summed E-state index contributed by atoms with van der Waals surface area (Å²) in [7, 11) is 3.15. The minimum absolute atomic E-state index is 0.138. The Balaban J connectivity index is 2.07. The van der Waals surface area contributed by atoms with Crippen LogP contribution in [-0.4, -0.2) is 24.4 Å². The molecule has 2 rings (SSSR count). The number of ether oxygens (including phenoxy) is 3. The van der Waals surface area contributed by atoms with Gasteiger partial charge in [-0.05, 0) is 13.8 Å². The highest BCUT2D eigenvalue weighted by Gasteiger charge is 2.21. The van der Waals surface area contributed by atoms with E-state index in [9.17, 15) is 0 Å². The molecule has 0 bridgehead atoms. The van der Waals surface area contributed by atoms with Crippen LogP contribution >= 0.6 is 0 Å². The molecule has 1 aromatic heterocycles. The van der Waals surface area contributed by atoms with Crippen LogP contribution < -0.4 is 19.9 Å². The monoisotopic (exact) mass is 293 g/mol. The molecule has 7 nitrogen and oxygen atoms in total. The maximum absolute atomic E-state index is 5.89. The maximum atomic E-state index is 5.89. The third kappa shape index (κ3) is 3.85. The number of hydrogen-bond donors (Lipinski definition) is 1. The molecular formula is C14H19N3O4. The van der Waals surface area contributed by atoms with Gasteiger partial charge in [0.25, 0.3) is 5.89 Å². The van der Waals surface area contributed by atoms with E-state index in [4.69, 9.17) is 24.5 Å². The van der Waals surface area contributed by atoms with Crippen molar-refractivity contribution >= 4 is 0 Å². The SMILES string of the molecule is COc1cc(OC)cc(OCc2nc(C(C)(C)N)no2)c1. The molecule has 7 heteroatoms. The zero-order valence-corrected chi connectivity index (χ0v) is 12.5. The van der Waals surface area contributed by atoms with Crippen LogP contribution in [0.2, 0.25) is 0 Å². The quantitative estimate of drug-likeness (QED) is 0.868. The van der Waals surface area contributed by atoms with E-state index in [1.807, 2.05) is 0 Å². The minimum Gasteiger partial charge on any atom is -0.496 e. The Hall–Kier alpha value is -2.28. The topological polar surface area (TPSA) is 92.6 Å². The van der Waals surface area contributed by atoms with Gasteiger partial charge in [-0.3, -0.25) is 0 Å². The van der Waals surface area contributed by atoms with Crippen molar-refractivity contribution in [3.05, 3.63) is 29.9 Å². The fraction of sp³-hybridized carbons (Fsp3) is 0.429. The first-order valence-electron chi connectivity index (χ1n) is 6.40. The van der Waals surface area contributed by atoms with Crippen molar-refractivity contribution in [3.8, 4) is 17.2 Å². The van der Waals surface area contributed by atoms with E-state index in [0.29, 0.717) is 29.0 Å². The third-order valence-corrected chi connectivity index (χ3v) is 2.73. The lowest BCUT2D eigenvalue weighted by atomic mass is 10.1. The first-order chi connectivity index (χ1) is 9.92. The van der Waals surface area contributed by atoms with E-state index in [0.717, 1.165) is 0 Å². The van der Waals surface area contributed by atoms with Crippen LogP contribution in [-0.2, 0) is 12.1 Å². The number of nitrogens with zero attached hydrogens (tertiary/aromatic N) is 2. The first kappa shape index (κ1) is 15.1. The summed E-state index contributed by atoms with van der Waals surface area (Å²) in [5.41, 5.74) is 5.24. The van der Waals surface area contributed by atoms with E-state index in [-0.39, 0.29) is 6.61 Å². The molecule has 21 heavy (non-hydrogen) atoms. The van der Waals surface area contributed by atoms with Crippen LogP contribution in [0.4, 0.5) is 0 Å². The predicted molar refractivity (Wildman–Crippen MR) is 75.4 cm³/mol. The van der Waals surface area contributed by atoms with E-state index < -0.39 is 5.54 Å². The Morgan fingerprint density at radius 3 is 2.14 bits per heavy atom. The Morgan fingerprint density at radius 1 is 1.10 bits per heavy atom. The molecule has 1 aromatic carbocycles. The van der Waals surface area contributed by atoms with Crippen molar-refractivity contribution < 1.29 is 18.7 Å².